The normalized spacial score (nSPS) is 18.4. The van der Waals surface area contributed by atoms with Gasteiger partial charge in [-0.05, 0) is 38.0 Å². The van der Waals surface area contributed by atoms with Crippen molar-refractivity contribution >= 4 is 17.5 Å². The molecule has 1 aromatic rings. The van der Waals surface area contributed by atoms with Crippen molar-refractivity contribution in [2.75, 3.05) is 19.8 Å². The van der Waals surface area contributed by atoms with Crippen molar-refractivity contribution in [2.24, 2.45) is 0 Å². The standard InChI is InChI=1S/C15H20ClNO2/c1-15(2)11-19-9-8-17(15)14(18)7-6-12-4-3-5-13(16)10-12/h3-5,10H,6-9,11H2,1-2H3. The molecule has 0 bridgehead atoms. The van der Waals surface area contributed by atoms with Crippen molar-refractivity contribution in [1.29, 1.82) is 0 Å². The van der Waals surface area contributed by atoms with Crippen LogP contribution in [-0.4, -0.2) is 36.1 Å². The van der Waals surface area contributed by atoms with Gasteiger partial charge in [-0.3, -0.25) is 4.79 Å². The van der Waals surface area contributed by atoms with E-state index in [0.717, 1.165) is 17.0 Å². The van der Waals surface area contributed by atoms with E-state index in [1.165, 1.54) is 0 Å². The lowest BCUT2D eigenvalue weighted by Crippen LogP contribution is -2.55. The number of ether oxygens (including phenoxy) is 1. The molecule has 1 aromatic carbocycles. The third-order valence-electron chi connectivity index (χ3n) is 3.46. The SMILES string of the molecule is CC1(C)COCCN1C(=O)CCc1cccc(Cl)c1. The Hall–Kier alpha value is -1.06. The Labute approximate surface area is 119 Å². The number of morpholine rings is 1. The molecule has 4 heteroatoms. The summed E-state index contributed by atoms with van der Waals surface area (Å²) >= 11 is 5.94. The summed E-state index contributed by atoms with van der Waals surface area (Å²) < 4.78 is 5.43. The van der Waals surface area contributed by atoms with E-state index in [9.17, 15) is 4.79 Å². The van der Waals surface area contributed by atoms with Crippen LogP contribution in [0.5, 0.6) is 0 Å². The molecule has 2 rings (SSSR count). The highest BCUT2D eigenvalue weighted by atomic mass is 35.5. The minimum Gasteiger partial charge on any atom is -0.377 e. The number of rotatable bonds is 3. The number of carbonyl (C=O) groups is 1. The number of nitrogens with zero attached hydrogens (tertiary/aromatic N) is 1. The second-order valence-corrected chi connectivity index (χ2v) is 5.98. The summed E-state index contributed by atoms with van der Waals surface area (Å²) in [6.07, 6.45) is 1.25. The van der Waals surface area contributed by atoms with Gasteiger partial charge in [-0.1, -0.05) is 23.7 Å². The van der Waals surface area contributed by atoms with Crippen LogP contribution in [0.3, 0.4) is 0 Å². The predicted molar refractivity (Wildman–Crippen MR) is 76.4 cm³/mol. The molecule has 0 spiro atoms. The van der Waals surface area contributed by atoms with Gasteiger partial charge in [-0.2, -0.15) is 0 Å². The average Bonchev–Trinajstić information content (AvgIpc) is 2.35. The molecule has 1 aliphatic heterocycles. The van der Waals surface area contributed by atoms with E-state index in [0.29, 0.717) is 26.2 Å². The first-order valence-corrected chi connectivity index (χ1v) is 6.99. The molecule has 0 aliphatic carbocycles. The van der Waals surface area contributed by atoms with E-state index in [4.69, 9.17) is 16.3 Å². The quantitative estimate of drug-likeness (QED) is 0.853. The van der Waals surface area contributed by atoms with Gasteiger partial charge in [0.25, 0.3) is 0 Å². The van der Waals surface area contributed by atoms with E-state index in [-0.39, 0.29) is 11.4 Å². The Balaban J connectivity index is 1.94. The number of carbonyl (C=O) groups excluding carboxylic acids is 1. The van der Waals surface area contributed by atoms with Gasteiger partial charge in [-0.15, -0.1) is 0 Å². The zero-order chi connectivity index (χ0) is 13.9. The molecule has 1 fully saturated rings. The van der Waals surface area contributed by atoms with Crippen LogP contribution in [-0.2, 0) is 16.0 Å². The summed E-state index contributed by atoms with van der Waals surface area (Å²) in [6, 6.07) is 7.68. The molecular formula is C15H20ClNO2. The van der Waals surface area contributed by atoms with Gasteiger partial charge in [0.2, 0.25) is 5.91 Å². The Kier molecular flexibility index (Phi) is 4.48. The largest absolute Gasteiger partial charge is 0.377 e. The molecule has 1 aliphatic rings. The lowest BCUT2D eigenvalue weighted by atomic mass is 10.0. The molecule has 104 valence electrons. The van der Waals surface area contributed by atoms with Gasteiger partial charge in [0, 0.05) is 18.0 Å². The molecule has 3 nitrogen and oxygen atoms in total. The summed E-state index contributed by atoms with van der Waals surface area (Å²) in [4.78, 5) is 14.2. The average molecular weight is 282 g/mol. The van der Waals surface area contributed by atoms with Gasteiger partial charge in [-0.25, -0.2) is 0 Å². The highest BCUT2D eigenvalue weighted by Crippen LogP contribution is 2.21. The predicted octanol–water partition coefficient (Wildman–Crippen LogP) is 2.91. The Morgan fingerprint density at radius 2 is 2.26 bits per heavy atom. The Bertz CT molecular complexity index is 459. The smallest absolute Gasteiger partial charge is 0.223 e. The fourth-order valence-corrected chi connectivity index (χ4v) is 2.61. The van der Waals surface area contributed by atoms with Gasteiger partial charge in [0.15, 0.2) is 0 Å². The van der Waals surface area contributed by atoms with Crippen molar-refractivity contribution < 1.29 is 9.53 Å². The number of aryl methyl sites for hydroxylation is 1. The fraction of sp³-hybridized carbons (Fsp3) is 0.533. The fourth-order valence-electron chi connectivity index (χ4n) is 2.40. The van der Waals surface area contributed by atoms with E-state index < -0.39 is 0 Å². The third kappa shape index (κ3) is 3.71. The molecule has 19 heavy (non-hydrogen) atoms. The van der Waals surface area contributed by atoms with Crippen molar-refractivity contribution in [3.05, 3.63) is 34.9 Å². The molecule has 1 amide bonds. The second kappa shape index (κ2) is 5.93. The van der Waals surface area contributed by atoms with E-state index in [1.807, 2.05) is 43.0 Å². The minimum absolute atomic E-state index is 0.188. The maximum Gasteiger partial charge on any atom is 0.223 e. The lowest BCUT2D eigenvalue weighted by Gasteiger charge is -2.42. The molecule has 0 N–H and O–H groups in total. The molecule has 0 atom stereocenters. The van der Waals surface area contributed by atoms with Crippen LogP contribution in [0.2, 0.25) is 5.02 Å². The first-order chi connectivity index (χ1) is 8.99. The summed E-state index contributed by atoms with van der Waals surface area (Å²) in [7, 11) is 0. The Morgan fingerprint density at radius 1 is 1.47 bits per heavy atom. The monoisotopic (exact) mass is 281 g/mol. The molecule has 1 saturated heterocycles. The van der Waals surface area contributed by atoms with E-state index >= 15 is 0 Å². The van der Waals surface area contributed by atoms with Crippen molar-refractivity contribution in [3.63, 3.8) is 0 Å². The summed E-state index contributed by atoms with van der Waals surface area (Å²) in [6.45, 7) is 6.01. The molecule has 0 unspecified atom stereocenters. The zero-order valence-corrected chi connectivity index (χ0v) is 12.2. The molecule has 1 heterocycles. The minimum atomic E-state index is -0.205. The Morgan fingerprint density at radius 3 is 2.95 bits per heavy atom. The highest BCUT2D eigenvalue weighted by molar-refractivity contribution is 6.30. The van der Waals surface area contributed by atoms with Gasteiger partial charge in [0.05, 0.1) is 18.8 Å². The van der Waals surface area contributed by atoms with E-state index in [2.05, 4.69) is 0 Å². The number of halogens is 1. The van der Waals surface area contributed by atoms with Crippen LogP contribution < -0.4 is 0 Å². The van der Waals surface area contributed by atoms with Gasteiger partial charge >= 0.3 is 0 Å². The second-order valence-electron chi connectivity index (χ2n) is 5.54. The van der Waals surface area contributed by atoms with Crippen LogP contribution in [0.4, 0.5) is 0 Å². The number of benzene rings is 1. The summed E-state index contributed by atoms with van der Waals surface area (Å²) in [5.41, 5.74) is 0.899. The van der Waals surface area contributed by atoms with Crippen LogP contribution >= 0.6 is 11.6 Å². The first-order valence-electron chi connectivity index (χ1n) is 6.62. The highest BCUT2D eigenvalue weighted by Gasteiger charge is 2.33. The van der Waals surface area contributed by atoms with Crippen molar-refractivity contribution in [3.8, 4) is 0 Å². The van der Waals surface area contributed by atoms with E-state index in [1.54, 1.807) is 0 Å². The third-order valence-corrected chi connectivity index (χ3v) is 3.70. The molecule has 0 aromatic heterocycles. The van der Waals surface area contributed by atoms with Crippen LogP contribution in [0.25, 0.3) is 0 Å². The maximum absolute atomic E-state index is 12.3. The first kappa shape index (κ1) is 14.4. The molecular weight excluding hydrogens is 262 g/mol. The van der Waals surface area contributed by atoms with Crippen LogP contribution in [0.1, 0.15) is 25.8 Å². The van der Waals surface area contributed by atoms with Crippen LogP contribution in [0.15, 0.2) is 24.3 Å². The van der Waals surface area contributed by atoms with Crippen molar-refractivity contribution in [1.82, 2.24) is 4.90 Å². The number of hydrogen-bond acceptors (Lipinski definition) is 2. The van der Waals surface area contributed by atoms with Gasteiger partial charge in [0.1, 0.15) is 0 Å². The van der Waals surface area contributed by atoms with Crippen molar-refractivity contribution in [2.45, 2.75) is 32.2 Å². The number of hydrogen-bond donors (Lipinski definition) is 0. The molecule has 0 radical (unpaired) electrons. The van der Waals surface area contributed by atoms with Crippen LogP contribution in [0, 0.1) is 0 Å². The maximum atomic E-state index is 12.3. The zero-order valence-electron chi connectivity index (χ0n) is 11.5. The lowest BCUT2D eigenvalue weighted by molar-refractivity contribution is -0.146. The number of amides is 1. The summed E-state index contributed by atoms with van der Waals surface area (Å²) in [5, 5.41) is 0.719. The molecule has 0 saturated carbocycles. The topological polar surface area (TPSA) is 29.5 Å². The summed E-state index contributed by atoms with van der Waals surface area (Å²) in [5.74, 6) is 0.188. The van der Waals surface area contributed by atoms with Gasteiger partial charge < -0.3 is 9.64 Å².